The first-order valence-electron chi connectivity index (χ1n) is 6.22. The number of rotatable bonds is 4. The Kier molecular flexibility index (Phi) is 3.98. The molecule has 1 amide bonds. The Bertz CT molecular complexity index is 430. The van der Waals surface area contributed by atoms with Crippen LogP contribution in [0.25, 0.3) is 0 Å². The predicted molar refractivity (Wildman–Crippen MR) is 67.5 cm³/mol. The van der Waals surface area contributed by atoms with Crippen LogP contribution >= 0.6 is 0 Å². The fourth-order valence-corrected chi connectivity index (χ4v) is 2.28. The highest BCUT2D eigenvalue weighted by atomic mass is 16.5. The van der Waals surface area contributed by atoms with Gasteiger partial charge in [0, 0.05) is 33.4 Å². The van der Waals surface area contributed by atoms with Gasteiger partial charge in [-0.15, -0.1) is 0 Å². The van der Waals surface area contributed by atoms with E-state index >= 15 is 0 Å². The van der Waals surface area contributed by atoms with Gasteiger partial charge in [-0.25, -0.2) is 0 Å². The van der Waals surface area contributed by atoms with Gasteiger partial charge >= 0.3 is 0 Å². The number of carbonyl (C=O) groups excluding carboxylic acids is 1. The van der Waals surface area contributed by atoms with Gasteiger partial charge in [0.25, 0.3) is 5.91 Å². The largest absolute Gasteiger partial charge is 0.378 e. The number of nitrogens with one attached hydrogen (secondary N) is 2. The van der Waals surface area contributed by atoms with Crippen LogP contribution in [0, 0.1) is 0 Å². The summed E-state index contributed by atoms with van der Waals surface area (Å²) in [5, 5.41) is 10.5. The smallest absolute Gasteiger partial charge is 0.255 e. The van der Waals surface area contributed by atoms with Gasteiger partial charge in [-0.1, -0.05) is 6.92 Å². The highest BCUT2D eigenvalue weighted by Gasteiger charge is 2.29. The van der Waals surface area contributed by atoms with Gasteiger partial charge in [0.2, 0.25) is 0 Å². The van der Waals surface area contributed by atoms with Crippen LogP contribution in [0.3, 0.4) is 0 Å². The predicted octanol–water partition coefficient (Wildman–Crippen LogP) is -0.301. The maximum Gasteiger partial charge on any atom is 0.255 e. The molecule has 100 valence electrons. The lowest BCUT2D eigenvalue weighted by Gasteiger charge is -2.18. The van der Waals surface area contributed by atoms with Crippen LogP contribution in [0.5, 0.6) is 0 Å². The molecule has 0 spiro atoms. The number of aromatic nitrogens is 2. The lowest BCUT2D eigenvalue weighted by atomic mass is 10.1. The fraction of sp³-hybridized carbons (Fsp3) is 0.667. The number of hydrogen-bond donors (Lipinski definition) is 2. The van der Waals surface area contributed by atoms with Crippen LogP contribution in [0.4, 0.5) is 0 Å². The lowest BCUT2D eigenvalue weighted by Crippen LogP contribution is -2.43. The molecule has 18 heavy (non-hydrogen) atoms. The van der Waals surface area contributed by atoms with Crippen molar-refractivity contribution in [3.8, 4) is 0 Å². The van der Waals surface area contributed by atoms with Crippen molar-refractivity contribution in [2.45, 2.75) is 25.5 Å². The van der Waals surface area contributed by atoms with E-state index in [-0.39, 0.29) is 18.1 Å². The van der Waals surface area contributed by atoms with Crippen LogP contribution < -0.4 is 10.6 Å². The molecule has 0 aromatic carbocycles. The molecule has 0 radical (unpaired) electrons. The Morgan fingerprint density at radius 1 is 1.67 bits per heavy atom. The number of carbonyl (C=O) groups is 1. The maximum absolute atomic E-state index is 12.2. The van der Waals surface area contributed by atoms with Gasteiger partial charge in [0.15, 0.2) is 0 Å². The van der Waals surface area contributed by atoms with Crippen molar-refractivity contribution in [3.05, 3.63) is 17.5 Å². The molecule has 2 atom stereocenters. The van der Waals surface area contributed by atoms with Gasteiger partial charge in [-0.2, -0.15) is 5.10 Å². The minimum Gasteiger partial charge on any atom is -0.378 e. The summed E-state index contributed by atoms with van der Waals surface area (Å²) < 4.78 is 7.00. The zero-order valence-electron chi connectivity index (χ0n) is 11.1. The molecule has 1 saturated heterocycles. The van der Waals surface area contributed by atoms with Crippen LogP contribution in [0.1, 0.15) is 23.0 Å². The summed E-state index contributed by atoms with van der Waals surface area (Å²) in [5.41, 5.74) is 1.48. The Hall–Kier alpha value is -1.40. The second-order valence-corrected chi connectivity index (χ2v) is 4.53. The molecule has 2 heterocycles. The highest BCUT2D eigenvalue weighted by molar-refractivity contribution is 5.95. The van der Waals surface area contributed by atoms with Crippen molar-refractivity contribution in [2.75, 3.05) is 20.2 Å². The van der Waals surface area contributed by atoms with E-state index in [0.29, 0.717) is 5.56 Å². The van der Waals surface area contributed by atoms with Crippen LogP contribution in [-0.2, 0) is 18.2 Å². The standard InChI is InChI=1S/C12H20N4O2/c1-4-9-8(7-16(2)15-9)12(17)14-10-5-13-6-11(10)18-3/h7,10-11,13H,4-6H2,1-3H3,(H,14,17)/t10?,11-/m0/s1. The minimum absolute atomic E-state index is 0.0208. The minimum atomic E-state index is -0.0734. The van der Waals surface area contributed by atoms with E-state index in [1.165, 1.54) is 0 Å². The van der Waals surface area contributed by atoms with Crippen molar-refractivity contribution >= 4 is 5.91 Å². The molecular formula is C12H20N4O2. The van der Waals surface area contributed by atoms with Gasteiger partial charge in [0.1, 0.15) is 0 Å². The highest BCUT2D eigenvalue weighted by Crippen LogP contribution is 2.10. The molecule has 2 rings (SSSR count). The van der Waals surface area contributed by atoms with Gasteiger partial charge in [-0.3, -0.25) is 9.48 Å². The number of methoxy groups -OCH3 is 1. The summed E-state index contributed by atoms with van der Waals surface area (Å²) in [6, 6.07) is 0.0208. The third-order valence-corrected chi connectivity index (χ3v) is 3.26. The molecular weight excluding hydrogens is 232 g/mol. The van der Waals surface area contributed by atoms with Gasteiger partial charge in [0.05, 0.1) is 23.4 Å². The number of amides is 1. The van der Waals surface area contributed by atoms with E-state index in [1.54, 1.807) is 18.0 Å². The second kappa shape index (κ2) is 5.49. The summed E-state index contributed by atoms with van der Waals surface area (Å²) in [4.78, 5) is 12.2. The van der Waals surface area contributed by atoms with Gasteiger partial charge in [-0.05, 0) is 6.42 Å². The topological polar surface area (TPSA) is 68.2 Å². The molecule has 1 aromatic heterocycles. The Morgan fingerprint density at radius 3 is 3.11 bits per heavy atom. The van der Waals surface area contributed by atoms with E-state index in [0.717, 1.165) is 25.2 Å². The molecule has 0 saturated carbocycles. The molecule has 6 nitrogen and oxygen atoms in total. The summed E-state index contributed by atoms with van der Waals surface area (Å²) >= 11 is 0. The van der Waals surface area contributed by atoms with Crippen molar-refractivity contribution in [3.63, 3.8) is 0 Å². The van der Waals surface area contributed by atoms with E-state index in [2.05, 4.69) is 15.7 Å². The van der Waals surface area contributed by atoms with E-state index in [4.69, 9.17) is 4.74 Å². The van der Waals surface area contributed by atoms with E-state index in [9.17, 15) is 4.79 Å². The first kappa shape index (κ1) is 13.0. The normalized spacial score (nSPS) is 23.3. The lowest BCUT2D eigenvalue weighted by molar-refractivity contribution is 0.0779. The molecule has 2 N–H and O–H groups in total. The number of hydrogen-bond acceptors (Lipinski definition) is 4. The van der Waals surface area contributed by atoms with Crippen molar-refractivity contribution in [2.24, 2.45) is 7.05 Å². The fourth-order valence-electron chi connectivity index (χ4n) is 2.28. The molecule has 1 aliphatic rings. The van der Waals surface area contributed by atoms with Crippen molar-refractivity contribution < 1.29 is 9.53 Å². The van der Waals surface area contributed by atoms with E-state index in [1.807, 2.05) is 14.0 Å². The van der Waals surface area contributed by atoms with Gasteiger partial charge < -0.3 is 15.4 Å². The molecule has 1 aromatic rings. The molecule has 0 bridgehead atoms. The monoisotopic (exact) mass is 252 g/mol. The summed E-state index contributed by atoms with van der Waals surface area (Å²) in [7, 11) is 3.49. The number of aryl methyl sites for hydroxylation is 2. The quantitative estimate of drug-likeness (QED) is 0.772. The molecule has 6 heteroatoms. The number of nitrogens with zero attached hydrogens (tertiary/aromatic N) is 2. The Balaban J connectivity index is 2.07. The molecule has 1 unspecified atom stereocenters. The van der Waals surface area contributed by atoms with Crippen molar-refractivity contribution in [1.82, 2.24) is 20.4 Å². The Morgan fingerprint density at radius 2 is 2.44 bits per heavy atom. The third kappa shape index (κ3) is 2.54. The average Bonchev–Trinajstić information content (AvgIpc) is 2.94. The van der Waals surface area contributed by atoms with E-state index < -0.39 is 0 Å². The first-order chi connectivity index (χ1) is 8.65. The van der Waals surface area contributed by atoms with Crippen molar-refractivity contribution in [1.29, 1.82) is 0 Å². The second-order valence-electron chi connectivity index (χ2n) is 4.53. The van der Waals surface area contributed by atoms with Crippen LogP contribution in [0.2, 0.25) is 0 Å². The molecule has 0 aliphatic carbocycles. The molecule has 1 fully saturated rings. The SMILES string of the molecule is CCc1nn(C)cc1C(=O)NC1CNC[C@@H]1OC. The summed E-state index contributed by atoms with van der Waals surface area (Å²) in [5.74, 6) is -0.0734. The zero-order valence-corrected chi connectivity index (χ0v) is 11.1. The zero-order chi connectivity index (χ0) is 13.1. The first-order valence-corrected chi connectivity index (χ1v) is 6.22. The maximum atomic E-state index is 12.2. The summed E-state index contributed by atoms with van der Waals surface area (Å²) in [6.07, 6.45) is 2.55. The van der Waals surface area contributed by atoms with Crippen LogP contribution in [0.15, 0.2) is 6.20 Å². The number of ether oxygens (including phenoxy) is 1. The summed E-state index contributed by atoms with van der Waals surface area (Å²) in [6.45, 7) is 3.51. The third-order valence-electron chi connectivity index (χ3n) is 3.26. The Labute approximate surface area is 107 Å². The average molecular weight is 252 g/mol. The van der Waals surface area contributed by atoms with Crippen LogP contribution in [-0.4, -0.2) is 48.0 Å². The molecule has 1 aliphatic heterocycles.